The van der Waals surface area contributed by atoms with Crippen molar-refractivity contribution in [1.29, 1.82) is 0 Å². The van der Waals surface area contributed by atoms with E-state index in [1.165, 1.54) is 13.3 Å². The van der Waals surface area contributed by atoms with Crippen LogP contribution in [-0.2, 0) is 10.3 Å². The molecule has 1 aromatic carbocycles. The van der Waals surface area contributed by atoms with Crippen LogP contribution in [0.5, 0.6) is 5.75 Å². The molecule has 0 saturated carbocycles. The van der Waals surface area contributed by atoms with Crippen LogP contribution in [0, 0.1) is 0 Å². The average molecular weight is 207 g/mol. The molecule has 0 radical (unpaired) electrons. The highest BCUT2D eigenvalue weighted by Crippen LogP contribution is 2.26. The molecular weight excluding hydrogens is 190 g/mol. The maximum atomic E-state index is 9.58. The van der Waals surface area contributed by atoms with Crippen LogP contribution in [0.1, 0.15) is 31.9 Å². The van der Waals surface area contributed by atoms with Gasteiger partial charge in [-0.05, 0) is 23.1 Å². The van der Waals surface area contributed by atoms with Gasteiger partial charge >= 0.3 is 0 Å². The van der Waals surface area contributed by atoms with Crippen molar-refractivity contribution in [2.45, 2.75) is 26.2 Å². The van der Waals surface area contributed by atoms with Crippen LogP contribution in [0.4, 0.5) is 0 Å². The maximum Gasteiger partial charge on any atom is 0.124 e. The second-order valence-electron chi connectivity index (χ2n) is 4.44. The average Bonchev–Trinajstić information content (AvgIpc) is 2.15. The molecule has 0 unspecified atom stereocenters. The molecule has 3 heteroatoms. The Morgan fingerprint density at radius 3 is 2.53 bits per heavy atom. The topological polar surface area (TPSA) is 41.8 Å². The minimum absolute atomic E-state index is 0.0589. The Bertz CT molecular complexity index is 364. The zero-order valence-corrected chi connectivity index (χ0v) is 9.61. The van der Waals surface area contributed by atoms with E-state index >= 15 is 0 Å². The molecule has 3 nitrogen and oxygen atoms in total. The van der Waals surface area contributed by atoms with E-state index in [9.17, 15) is 5.11 Å². The molecule has 15 heavy (non-hydrogen) atoms. The fourth-order valence-electron chi connectivity index (χ4n) is 1.23. The van der Waals surface area contributed by atoms with Gasteiger partial charge in [0.05, 0.1) is 6.21 Å². The van der Waals surface area contributed by atoms with Crippen molar-refractivity contribution in [1.82, 2.24) is 0 Å². The molecule has 0 aliphatic rings. The van der Waals surface area contributed by atoms with E-state index in [0.717, 1.165) is 5.56 Å². The van der Waals surface area contributed by atoms with Gasteiger partial charge in [0.2, 0.25) is 0 Å². The van der Waals surface area contributed by atoms with E-state index in [2.05, 4.69) is 30.8 Å². The summed E-state index contributed by atoms with van der Waals surface area (Å²) in [5.41, 5.74) is 1.88. The van der Waals surface area contributed by atoms with Gasteiger partial charge in [-0.15, -0.1) is 0 Å². The Morgan fingerprint density at radius 1 is 1.33 bits per heavy atom. The van der Waals surface area contributed by atoms with E-state index in [1.807, 2.05) is 12.1 Å². The molecule has 0 aliphatic heterocycles. The number of aromatic hydroxyl groups is 1. The van der Waals surface area contributed by atoms with Gasteiger partial charge < -0.3 is 9.94 Å². The van der Waals surface area contributed by atoms with E-state index < -0.39 is 0 Å². The summed E-state index contributed by atoms with van der Waals surface area (Å²) in [7, 11) is 1.47. The molecule has 0 aliphatic carbocycles. The van der Waals surface area contributed by atoms with Crippen molar-refractivity contribution in [3.05, 3.63) is 29.3 Å². The first kappa shape index (κ1) is 11.6. The lowest BCUT2D eigenvalue weighted by Gasteiger charge is -2.19. The van der Waals surface area contributed by atoms with Crippen LogP contribution < -0.4 is 0 Å². The molecule has 1 rings (SSSR count). The van der Waals surface area contributed by atoms with Gasteiger partial charge in [-0.2, -0.15) is 0 Å². The standard InChI is InChI=1S/C12H17NO2/c1-12(2,3)10-5-6-11(14)9(7-10)8-13-15-4/h5-8,14H,1-4H3/b13-8+. The van der Waals surface area contributed by atoms with Gasteiger partial charge in [0.15, 0.2) is 0 Å². The Morgan fingerprint density at radius 2 is 2.00 bits per heavy atom. The number of phenolic OH excluding ortho intramolecular Hbond substituents is 1. The van der Waals surface area contributed by atoms with Gasteiger partial charge in [0.25, 0.3) is 0 Å². The summed E-state index contributed by atoms with van der Waals surface area (Å²) in [5, 5.41) is 13.2. The highest BCUT2D eigenvalue weighted by molar-refractivity contribution is 5.83. The third-order valence-electron chi connectivity index (χ3n) is 2.19. The van der Waals surface area contributed by atoms with Crippen LogP contribution in [0.15, 0.2) is 23.4 Å². The normalized spacial score (nSPS) is 12.0. The first-order chi connectivity index (χ1) is 6.95. The predicted octanol–water partition coefficient (Wildman–Crippen LogP) is 2.67. The quantitative estimate of drug-likeness (QED) is 0.598. The first-order valence-corrected chi connectivity index (χ1v) is 4.85. The monoisotopic (exact) mass is 207 g/mol. The van der Waals surface area contributed by atoms with E-state index in [1.54, 1.807) is 6.07 Å². The molecule has 0 fully saturated rings. The van der Waals surface area contributed by atoms with Crippen LogP contribution in [0.2, 0.25) is 0 Å². The Kier molecular flexibility index (Phi) is 3.35. The molecule has 0 bridgehead atoms. The number of hydrogen-bond donors (Lipinski definition) is 1. The lowest BCUT2D eigenvalue weighted by molar-refractivity contribution is 0.215. The maximum absolute atomic E-state index is 9.58. The van der Waals surface area contributed by atoms with Crippen molar-refractivity contribution in [2.75, 3.05) is 7.11 Å². The molecular formula is C12H17NO2. The Balaban J connectivity index is 3.11. The third-order valence-corrected chi connectivity index (χ3v) is 2.19. The van der Waals surface area contributed by atoms with Gasteiger partial charge in [-0.3, -0.25) is 0 Å². The molecule has 0 atom stereocenters. The fraction of sp³-hybridized carbons (Fsp3) is 0.417. The van der Waals surface area contributed by atoms with Gasteiger partial charge in [-0.25, -0.2) is 0 Å². The molecule has 0 heterocycles. The molecule has 0 amide bonds. The highest BCUT2D eigenvalue weighted by Gasteiger charge is 2.14. The second kappa shape index (κ2) is 4.34. The van der Waals surface area contributed by atoms with Crippen LogP contribution >= 0.6 is 0 Å². The number of hydrogen-bond acceptors (Lipinski definition) is 3. The minimum atomic E-state index is 0.0589. The van der Waals surface area contributed by atoms with E-state index in [4.69, 9.17) is 0 Å². The van der Waals surface area contributed by atoms with E-state index in [0.29, 0.717) is 5.56 Å². The minimum Gasteiger partial charge on any atom is -0.507 e. The van der Waals surface area contributed by atoms with Crippen LogP contribution in [0.3, 0.4) is 0 Å². The lowest BCUT2D eigenvalue weighted by Crippen LogP contribution is -2.11. The summed E-state index contributed by atoms with van der Waals surface area (Å²) >= 11 is 0. The smallest absolute Gasteiger partial charge is 0.124 e. The summed E-state index contributed by atoms with van der Waals surface area (Å²) in [4.78, 5) is 4.58. The summed E-state index contributed by atoms with van der Waals surface area (Å²) in [5.74, 6) is 0.212. The highest BCUT2D eigenvalue weighted by atomic mass is 16.6. The zero-order chi connectivity index (χ0) is 11.5. The second-order valence-corrected chi connectivity index (χ2v) is 4.44. The van der Waals surface area contributed by atoms with Gasteiger partial charge in [0, 0.05) is 5.56 Å². The van der Waals surface area contributed by atoms with Crippen molar-refractivity contribution in [2.24, 2.45) is 5.16 Å². The Hall–Kier alpha value is -1.51. The summed E-state index contributed by atoms with van der Waals surface area (Å²) < 4.78 is 0. The molecule has 82 valence electrons. The zero-order valence-electron chi connectivity index (χ0n) is 9.61. The summed E-state index contributed by atoms with van der Waals surface area (Å²) in [6.45, 7) is 6.36. The molecule has 0 saturated heterocycles. The molecule has 0 aromatic heterocycles. The predicted molar refractivity (Wildman–Crippen MR) is 61.4 cm³/mol. The molecule has 0 spiro atoms. The number of phenols is 1. The molecule has 1 N–H and O–H groups in total. The SMILES string of the molecule is CO/N=C/c1cc(C(C)(C)C)ccc1O. The van der Waals surface area contributed by atoms with Crippen molar-refractivity contribution >= 4 is 6.21 Å². The van der Waals surface area contributed by atoms with E-state index in [-0.39, 0.29) is 11.2 Å². The van der Waals surface area contributed by atoms with Crippen LogP contribution in [0.25, 0.3) is 0 Å². The van der Waals surface area contributed by atoms with Crippen LogP contribution in [-0.4, -0.2) is 18.4 Å². The van der Waals surface area contributed by atoms with Crippen molar-refractivity contribution in [3.63, 3.8) is 0 Å². The van der Waals surface area contributed by atoms with Crippen molar-refractivity contribution in [3.8, 4) is 5.75 Å². The summed E-state index contributed by atoms with van der Waals surface area (Å²) in [6, 6.07) is 5.51. The summed E-state index contributed by atoms with van der Waals surface area (Å²) in [6.07, 6.45) is 1.50. The van der Waals surface area contributed by atoms with Crippen molar-refractivity contribution < 1.29 is 9.94 Å². The number of rotatable bonds is 2. The van der Waals surface area contributed by atoms with Gasteiger partial charge in [-0.1, -0.05) is 32.0 Å². The number of oxime groups is 1. The third kappa shape index (κ3) is 2.98. The first-order valence-electron chi connectivity index (χ1n) is 4.85. The lowest BCUT2D eigenvalue weighted by atomic mass is 9.86. The Labute approximate surface area is 90.4 Å². The number of nitrogens with zero attached hydrogens (tertiary/aromatic N) is 1. The largest absolute Gasteiger partial charge is 0.507 e. The molecule has 1 aromatic rings. The fourth-order valence-corrected chi connectivity index (χ4v) is 1.23. The van der Waals surface area contributed by atoms with Gasteiger partial charge in [0.1, 0.15) is 12.9 Å². The number of benzene rings is 1.